The third-order valence-electron chi connectivity index (χ3n) is 12.0. The Morgan fingerprint density at radius 3 is 1.86 bits per heavy atom. The molecule has 8 aromatic heterocycles. The summed E-state index contributed by atoms with van der Waals surface area (Å²) in [4.78, 5) is 62.7. The number of fused-ring (bicyclic) bond motifs is 2. The van der Waals surface area contributed by atoms with Crippen molar-refractivity contribution in [3.8, 4) is 22.5 Å². The number of hydrogen-bond acceptors (Lipinski definition) is 14. The fourth-order valence-corrected chi connectivity index (χ4v) is 8.48. The maximum absolute atomic E-state index is 13.4. The lowest BCUT2D eigenvalue weighted by Crippen LogP contribution is -2.18. The Morgan fingerprint density at radius 2 is 1.25 bits per heavy atom. The summed E-state index contributed by atoms with van der Waals surface area (Å²) in [6.45, 7) is -0.416. The highest BCUT2D eigenvalue weighted by atomic mass is 16.3. The number of amides is 2. The Hall–Kier alpha value is -7.82. The molecule has 2 fully saturated rings. The van der Waals surface area contributed by atoms with Gasteiger partial charge in [0.05, 0.1) is 24.0 Å². The van der Waals surface area contributed by atoms with E-state index in [0.717, 1.165) is 40.5 Å². The van der Waals surface area contributed by atoms with Crippen LogP contribution >= 0.6 is 0 Å². The van der Waals surface area contributed by atoms with E-state index in [4.69, 9.17) is 15.7 Å². The number of pyridine rings is 8. The molecule has 10 rings (SSSR count). The Labute approximate surface area is 366 Å². The van der Waals surface area contributed by atoms with Crippen LogP contribution in [0.5, 0.6) is 0 Å². The second-order valence-electron chi connectivity index (χ2n) is 16.1. The van der Waals surface area contributed by atoms with Crippen molar-refractivity contribution < 1.29 is 19.8 Å². The number of rotatable bonds is 14. The summed E-state index contributed by atoms with van der Waals surface area (Å²) in [5.74, 6) is 1.05. The smallest absolute Gasteiger partial charge is 0.229 e. The Kier molecular flexibility index (Phi) is 10.8. The van der Waals surface area contributed by atoms with Gasteiger partial charge in [0.15, 0.2) is 0 Å². The van der Waals surface area contributed by atoms with Crippen molar-refractivity contribution in [1.29, 1.82) is 0 Å². The molecule has 0 radical (unpaired) electrons. The maximum atomic E-state index is 13.4. The Balaban J connectivity index is 0.958. The normalized spacial score (nSPS) is 18.0. The number of aliphatic hydroxyl groups is 2. The first kappa shape index (κ1) is 40.3. The molecule has 64 heavy (non-hydrogen) atoms. The van der Waals surface area contributed by atoms with E-state index in [1.165, 1.54) is 0 Å². The predicted molar refractivity (Wildman–Crippen MR) is 242 cm³/mol. The van der Waals surface area contributed by atoms with Gasteiger partial charge in [0, 0.05) is 102 Å². The zero-order valence-corrected chi connectivity index (χ0v) is 34.3. The summed E-state index contributed by atoms with van der Waals surface area (Å²) in [6.07, 6.45) is 18.8. The van der Waals surface area contributed by atoms with Crippen LogP contribution in [0, 0.1) is 11.8 Å². The first-order valence-corrected chi connectivity index (χ1v) is 21.0. The van der Waals surface area contributed by atoms with Crippen LogP contribution in [0.15, 0.2) is 123 Å². The molecule has 0 spiro atoms. The number of nitrogens with one attached hydrogen (secondary N) is 3. The Morgan fingerprint density at radius 1 is 0.672 bits per heavy atom. The van der Waals surface area contributed by atoms with Gasteiger partial charge in [0.25, 0.3) is 0 Å². The van der Waals surface area contributed by atoms with Gasteiger partial charge in [-0.1, -0.05) is 12.1 Å². The van der Waals surface area contributed by atoms with Crippen LogP contribution in [0.4, 0.5) is 23.3 Å². The zero-order chi connectivity index (χ0) is 43.7. The third kappa shape index (κ3) is 8.14. The van der Waals surface area contributed by atoms with E-state index in [1.807, 2.05) is 42.5 Å². The molecule has 0 bridgehead atoms. The topological polar surface area (TPSA) is 240 Å². The first-order chi connectivity index (χ1) is 31.3. The van der Waals surface area contributed by atoms with Crippen molar-refractivity contribution in [2.75, 3.05) is 34.9 Å². The molecule has 1 unspecified atom stereocenters. The number of carbonyl (C=O) groups excluding carboxylic acids is 2. The van der Waals surface area contributed by atoms with Crippen molar-refractivity contribution in [2.24, 2.45) is 11.8 Å². The fourth-order valence-electron chi connectivity index (χ4n) is 8.48. The first-order valence-electron chi connectivity index (χ1n) is 21.0. The number of nitrogens with zero attached hydrogens (tertiary/aromatic N) is 8. The minimum Gasteiger partial charge on any atom is -0.396 e. The fraction of sp³-hybridized carbons (Fsp3) is 0.208. The van der Waals surface area contributed by atoms with E-state index in [-0.39, 0.29) is 54.5 Å². The van der Waals surface area contributed by atoms with Crippen LogP contribution in [0.3, 0.4) is 0 Å². The third-order valence-corrected chi connectivity index (χ3v) is 12.0. The van der Waals surface area contributed by atoms with Crippen molar-refractivity contribution in [2.45, 2.75) is 37.1 Å². The van der Waals surface area contributed by atoms with Crippen LogP contribution in [-0.2, 0) is 16.0 Å². The number of hydrogen-bond donors (Lipinski definition) is 6. The molecular weight excluding hydrogens is 809 g/mol. The van der Waals surface area contributed by atoms with E-state index in [9.17, 15) is 19.8 Å². The number of carbonyl (C=O) groups is 2. The largest absolute Gasteiger partial charge is 0.396 e. The highest BCUT2D eigenvalue weighted by Crippen LogP contribution is 2.49. The molecule has 0 saturated heterocycles. The quantitative estimate of drug-likeness (QED) is 0.0711. The molecule has 2 aliphatic rings. The number of aromatic nitrogens is 8. The number of aliphatic hydroxyl groups excluding tert-OH is 2. The highest BCUT2D eigenvalue weighted by molar-refractivity contribution is 6.00. The van der Waals surface area contributed by atoms with Crippen LogP contribution < -0.4 is 21.7 Å². The van der Waals surface area contributed by atoms with Crippen LogP contribution in [0.25, 0.3) is 44.1 Å². The average Bonchev–Trinajstić information content (AvgIpc) is 4.27. The molecule has 8 aromatic rings. The lowest BCUT2D eigenvalue weighted by molar-refractivity contribution is -0.118. The van der Waals surface area contributed by atoms with Crippen molar-refractivity contribution >= 4 is 56.6 Å². The van der Waals surface area contributed by atoms with Gasteiger partial charge < -0.3 is 31.9 Å². The summed E-state index contributed by atoms with van der Waals surface area (Å²) >= 11 is 0. The lowest BCUT2D eigenvalue weighted by Gasteiger charge is -2.22. The predicted octanol–water partition coefficient (Wildman–Crippen LogP) is 6.23. The molecule has 2 saturated carbocycles. The summed E-state index contributed by atoms with van der Waals surface area (Å²) < 4.78 is 0. The van der Waals surface area contributed by atoms with Crippen molar-refractivity contribution in [1.82, 2.24) is 39.9 Å². The molecular formula is C48H42N12O4. The number of nitrogen functional groups attached to an aromatic ring is 1. The van der Waals surface area contributed by atoms with Crippen LogP contribution in [-0.4, -0.2) is 75.1 Å². The SMILES string of the molecule is Nc1nc(-c2cnccc2C(CO)Nc2nc(-c3cnccc3CCO)cc3cc(NC(=O)[C@H]4C[C@@H]4c4cccnc4)ncc23)cc2cc(NC(=O)[C@@H]3C[C@H]3c3cccnc3)ncc12. The monoisotopic (exact) mass is 850 g/mol. The van der Waals surface area contributed by atoms with Gasteiger partial charge in [0.2, 0.25) is 11.8 Å². The minimum absolute atomic E-state index is 0.0675. The molecule has 8 heterocycles. The molecule has 318 valence electrons. The highest BCUT2D eigenvalue weighted by Gasteiger charge is 2.45. The van der Waals surface area contributed by atoms with Gasteiger partial charge in [-0.05, 0) is 113 Å². The summed E-state index contributed by atoms with van der Waals surface area (Å²) in [6, 6.07) is 18.0. The minimum atomic E-state index is -0.731. The second kappa shape index (κ2) is 17.2. The van der Waals surface area contributed by atoms with Gasteiger partial charge in [-0.3, -0.25) is 29.5 Å². The summed E-state index contributed by atoms with van der Waals surface area (Å²) in [5, 5.41) is 33.1. The molecule has 16 nitrogen and oxygen atoms in total. The second-order valence-corrected chi connectivity index (χ2v) is 16.1. The van der Waals surface area contributed by atoms with Gasteiger partial charge in [-0.2, -0.15) is 0 Å². The van der Waals surface area contributed by atoms with E-state index < -0.39 is 6.04 Å². The van der Waals surface area contributed by atoms with E-state index >= 15 is 0 Å². The number of anilines is 4. The van der Waals surface area contributed by atoms with Gasteiger partial charge in [-0.15, -0.1) is 0 Å². The maximum Gasteiger partial charge on any atom is 0.229 e. The van der Waals surface area contributed by atoms with Crippen LogP contribution in [0.2, 0.25) is 0 Å². The molecule has 7 N–H and O–H groups in total. The van der Waals surface area contributed by atoms with E-state index in [1.54, 1.807) is 80.2 Å². The zero-order valence-electron chi connectivity index (χ0n) is 34.3. The van der Waals surface area contributed by atoms with Gasteiger partial charge in [0.1, 0.15) is 23.3 Å². The van der Waals surface area contributed by atoms with Gasteiger partial charge in [-0.25, -0.2) is 19.9 Å². The number of nitrogens with two attached hydrogens (primary N) is 1. The lowest BCUT2D eigenvalue weighted by atomic mass is 9.98. The molecule has 0 aliphatic heterocycles. The molecule has 2 aliphatic carbocycles. The van der Waals surface area contributed by atoms with Crippen LogP contribution in [0.1, 0.15) is 53.0 Å². The Bertz CT molecular complexity index is 3050. The summed E-state index contributed by atoms with van der Waals surface area (Å²) in [5.41, 5.74) is 12.5. The standard InChI is InChI=1S/C48H42N12O4/c49-45-37-23-54-43(59-47(63)34-17-32(34)27-3-1-8-50-19-27)15-29(37)13-41(56-45)39-22-53-11-6-31(39)42(25-62)58-46-38-24-55-44(60-48(64)35-18-33(35)28-4-2-9-51-20-28)16-30(38)14-40(57-46)36-21-52-10-5-26(36)7-12-61/h1-6,8-11,13-16,19-24,32-35,42,61-62H,7,12,17-18,25H2,(H2,49,56)(H,57,58)(H,54,59,63)(H,55,60,64)/t32-,33+,34+,35-,42?/m0/s1. The molecule has 2 amide bonds. The summed E-state index contributed by atoms with van der Waals surface area (Å²) in [7, 11) is 0. The molecule has 5 atom stereocenters. The average molecular weight is 851 g/mol. The molecule has 0 aromatic carbocycles. The van der Waals surface area contributed by atoms with E-state index in [2.05, 4.69) is 45.9 Å². The van der Waals surface area contributed by atoms with Gasteiger partial charge >= 0.3 is 0 Å². The van der Waals surface area contributed by atoms with Crippen molar-refractivity contribution in [3.63, 3.8) is 0 Å². The van der Waals surface area contributed by atoms with Crippen molar-refractivity contribution in [3.05, 3.63) is 145 Å². The molecule has 16 heteroatoms. The van der Waals surface area contributed by atoms with E-state index in [0.29, 0.717) is 62.5 Å².